The Hall–Kier alpha value is -1.66. The molecular formula is C17H16Cl3N3O2. The lowest BCUT2D eigenvalue weighted by Gasteiger charge is -2.30. The SMILES string of the molecule is Nc1ccc(N2CCOCC2)c(C(=O)Nc2c(Cl)cc(Cl)cc2Cl)c1. The van der Waals surface area contributed by atoms with Gasteiger partial charge in [0.05, 0.1) is 34.5 Å². The van der Waals surface area contributed by atoms with Gasteiger partial charge in [-0.3, -0.25) is 4.79 Å². The molecule has 2 aromatic carbocycles. The largest absolute Gasteiger partial charge is 0.399 e. The van der Waals surface area contributed by atoms with Crippen LogP contribution in [0.2, 0.25) is 15.1 Å². The molecule has 0 aliphatic carbocycles. The number of benzene rings is 2. The molecule has 0 saturated carbocycles. The lowest BCUT2D eigenvalue weighted by Crippen LogP contribution is -2.37. The molecule has 1 amide bonds. The molecule has 0 aromatic heterocycles. The molecule has 132 valence electrons. The van der Waals surface area contributed by atoms with E-state index in [2.05, 4.69) is 10.2 Å². The third-order valence-corrected chi connectivity index (χ3v) is 4.68. The molecule has 1 heterocycles. The van der Waals surface area contributed by atoms with Gasteiger partial charge in [0, 0.05) is 29.5 Å². The summed E-state index contributed by atoms with van der Waals surface area (Å²) in [6, 6.07) is 8.28. The van der Waals surface area contributed by atoms with E-state index in [1.165, 1.54) is 12.1 Å². The van der Waals surface area contributed by atoms with Gasteiger partial charge in [-0.2, -0.15) is 0 Å². The van der Waals surface area contributed by atoms with Crippen LogP contribution in [0.5, 0.6) is 0 Å². The topological polar surface area (TPSA) is 67.6 Å². The maximum absolute atomic E-state index is 12.8. The number of carbonyl (C=O) groups is 1. The summed E-state index contributed by atoms with van der Waals surface area (Å²) >= 11 is 18.2. The number of ether oxygens (including phenoxy) is 1. The smallest absolute Gasteiger partial charge is 0.257 e. The van der Waals surface area contributed by atoms with E-state index in [1.54, 1.807) is 12.1 Å². The van der Waals surface area contributed by atoms with Gasteiger partial charge >= 0.3 is 0 Å². The minimum absolute atomic E-state index is 0.266. The van der Waals surface area contributed by atoms with Gasteiger partial charge in [-0.1, -0.05) is 34.8 Å². The van der Waals surface area contributed by atoms with E-state index in [-0.39, 0.29) is 16.0 Å². The number of rotatable bonds is 3. The van der Waals surface area contributed by atoms with Crippen molar-refractivity contribution in [3.8, 4) is 0 Å². The van der Waals surface area contributed by atoms with Gasteiger partial charge in [0.2, 0.25) is 0 Å². The van der Waals surface area contributed by atoms with Crippen LogP contribution < -0.4 is 16.0 Å². The predicted molar refractivity (Wildman–Crippen MR) is 103 cm³/mol. The van der Waals surface area contributed by atoms with Crippen LogP contribution >= 0.6 is 34.8 Å². The van der Waals surface area contributed by atoms with E-state index in [1.807, 2.05) is 6.07 Å². The van der Waals surface area contributed by atoms with Gasteiger partial charge < -0.3 is 20.7 Å². The van der Waals surface area contributed by atoms with Crippen LogP contribution in [0.1, 0.15) is 10.4 Å². The third-order valence-electron chi connectivity index (χ3n) is 3.86. The van der Waals surface area contributed by atoms with Gasteiger partial charge in [-0.25, -0.2) is 0 Å². The van der Waals surface area contributed by atoms with Crippen LogP contribution in [0, 0.1) is 0 Å². The molecule has 25 heavy (non-hydrogen) atoms. The van der Waals surface area contributed by atoms with Crippen molar-refractivity contribution in [2.45, 2.75) is 0 Å². The van der Waals surface area contributed by atoms with Crippen LogP contribution in [-0.4, -0.2) is 32.2 Å². The van der Waals surface area contributed by atoms with Crippen LogP contribution in [-0.2, 0) is 4.74 Å². The van der Waals surface area contributed by atoms with E-state index in [9.17, 15) is 4.79 Å². The molecule has 3 rings (SSSR count). The Morgan fingerprint density at radius 2 is 1.72 bits per heavy atom. The van der Waals surface area contributed by atoms with Crippen molar-refractivity contribution in [1.29, 1.82) is 0 Å². The number of amides is 1. The number of halogens is 3. The lowest BCUT2D eigenvalue weighted by molar-refractivity contribution is 0.102. The highest BCUT2D eigenvalue weighted by atomic mass is 35.5. The van der Waals surface area contributed by atoms with E-state index in [4.69, 9.17) is 45.3 Å². The molecule has 0 radical (unpaired) electrons. The van der Waals surface area contributed by atoms with Crippen molar-refractivity contribution in [2.24, 2.45) is 0 Å². The van der Waals surface area contributed by atoms with Crippen molar-refractivity contribution in [1.82, 2.24) is 0 Å². The molecule has 1 fully saturated rings. The minimum atomic E-state index is -0.347. The number of carbonyl (C=O) groups excluding carboxylic acids is 1. The van der Waals surface area contributed by atoms with Crippen molar-refractivity contribution in [3.63, 3.8) is 0 Å². The highest BCUT2D eigenvalue weighted by Gasteiger charge is 2.20. The number of nitrogens with one attached hydrogen (secondary N) is 1. The summed E-state index contributed by atoms with van der Waals surface area (Å²) in [7, 11) is 0. The summed E-state index contributed by atoms with van der Waals surface area (Å²) in [5.74, 6) is -0.347. The van der Waals surface area contributed by atoms with E-state index >= 15 is 0 Å². The standard InChI is InChI=1S/C17H16Cl3N3O2/c18-10-7-13(19)16(14(20)8-10)22-17(24)12-9-11(21)1-2-15(12)23-3-5-25-6-4-23/h1-2,7-9H,3-6,21H2,(H,22,24). The zero-order valence-corrected chi connectivity index (χ0v) is 15.5. The fourth-order valence-electron chi connectivity index (χ4n) is 2.66. The molecule has 1 aliphatic heterocycles. The van der Waals surface area contributed by atoms with E-state index in [0.29, 0.717) is 48.3 Å². The molecule has 5 nitrogen and oxygen atoms in total. The highest BCUT2D eigenvalue weighted by Crippen LogP contribution is 2.34. The second kappa shape index (κ2) is 7.70. The molecule has 1 saturated heterocycles. The summed E-state index contributed by atoms with van der Waals surface area (Å²) in [6.07, 6.45) is 0. The number of hydrogen-bond donors (Lipinski definition) is 2. The van der Waals surface area contributed by atoms with E-state index in [0.717, 1.165) is 5.69 Å². The fraction of sp³-hybridized carbons (Fsp3) is 0.235. The summed E-state index contributed by atoms with van der Waals surface area (Å²) in [4.78, 5) is 14.9. The molecule has 2 aromatic rings. The summed E-state index contributed by atoms with van der Waals surface area (Å²) in [6.45, 7) is 2.62. The number of morpholine rings is 1. The van der Waals surface area contributed by atoms with Crippen molar-refractivity contribution in [3.05, 3.63) is 51.0 Å². The zero-order chi connectivity index (χ0) is 18.0. The van der Waals surface area contributed by atoms with Gasteiger partial charge in [0.1, 0.15) is 0 Å². The number of nitrogens with two attached hydrogens (primary N) is 1. The second-order valence-electron chi connectivity index (χ2n) is 5.57. The molecule has 3 N–H and O–H groups in total. The molecular weight excluding hydrogens is 385 g/mol. The lowest BCUT2D eigenvalue weighted by atomic mass is 10.1. The summed E-state index contributed by atoms with van der Waals surface area (Å²) < 4.78 is 5.37. The fourth-order valence-corrected chi connectivity index (χ4v) is 3.57. The van der Waals surface area contributed by atoms with E-state index < -0.39 is 0 Å². The maximum atomic E-state index is 12.8. The molecule has 0 spiro atoms. The predicted octanol–water partition coefficient (Wildman–Crippen LogP) is 4.32. The first kappa shape index (κ1) is 18.1. The molecule has 8 heteroatoms. The monoisotopic (exact) mass is 399 g/mol. The summed E-state index contributed by atoms with van der Waals surface area (Å²) in [5.41, 5.74) is 7.92. The van der Waals surface area contributed by atoms with Crippen molar-refractivity contribution >= 4 is 57.8 Å². The van der Waals surface area contributed by atoms with Gasteiger partial charge in [0.25, 0.3) is 5.91 Å². The Morgan fingerprint density at radius 1 is 1.08 bits per heavy atom. The number of nitrogen functional groups attached to an aromatic ring is 1. The van der Waals surface area contributed by atoms with Gasteiger partial charge in [-0.15, -0.1) is 0 Å². The van der Waals surface area contributed by atoms with Crippen LogP contribution in [0.4, 0.5) is 17.1 Å². The van der Waals surface area contributed by atoms with Crippen molar-refractivity contribution in [2.75, 3.05) is 42.3 Å². The third kappa shape index (κ3) is 4.12. The van der Waals surface area contributed by atoms with Gasteiger partial charge in [-0.05, 0) is 30.3 Å². The Morgan fingerprint density at radius 3 is 2.36 bits per heavy atom. The van der Waals surface area contributed by atoms with Crippen LogP contribution in [0.15, 0.2) is 30.3 Å². The average Bonchev–Trinajstić information content (AvgIpc) is 2.58. The minimum Gasteiger partial charge on any atom is -0.399 e. The number of anilines is 3. The Balaban J connectivity index is 1.93. The number of hydrogen-bond acceptors (Lipinski definition) is 4. The maximum Gasteiger partial charge on any atom is 0.257 e. The second-order valence-corrected chi connectivity index (χ2v) is 6.83. The number of nitrogens with zero attached hydrogens (tertiary/aromatic N) is 1. The van der Waals surface area contributed by atoms with Gasteiger partial charge in [0.15, 0.2) is 0 Å². The molecule has 1 aliphatic rings. The first-order chi connectivity index (χ1) is 12.0. The molecule has 0 unspecified atom stereocenters. The van der Waals surface area contributed by atoms with Crippen LogP contribution in [0.3, 0.4) is 0 Å². The Kier molecular flexibility index (Phi) is 5.59. The zero-order valence-electron chi connectivity index (χ0n) is 13.2. The Bertz CT molecular complexity index is 785. The van der Waals surface area contributed by atoms with Crippen LogP contribution in [0.25, 0.3) is 0 Å². The first-order valence-electron chi connectivity index (χ1n) is 7.64. The molecule has 0 bridgehead atoms. The normalized spacial score (nSPS) is 14.4. The highest BCUT2D eigenvalue weighted by molar-refractivity contribution is 6.42. The van der Waals surface area contributed by atoms with Crippen molar-refractivity contribution < 1.29 is 9.53 Å². The first-order valence-corrected chi connectivity index (χ1v) is 8.77. The molecule has 0 atom stereocenters. The quantitative estimate of drug-likeness (QED) is 0.753. The average molecular weight is 401 g/mol. The Labute approximate surface area is 160 Å². The summed E-state index contributed by atoms with van der Waals surface area (Å²) in [5, 5.41) is 3.68.